The average molecular weight is 519 g/mol. The van der Waals surface area contributed by atoms with Gasteiger partial charge in [0.1, 0.15) is 5.75 Å². The smallest absolute Gasteiger partial charge is 0.243 e. The number of carbonyl (C=O) groups excluding carboxylic acids is 1. The number of sulfonamides is 1. The number of carbonyl (C=O) groups is 1. The van der Waals surface area contributed by atoms with Crippen molar-refractivity contribution in [1.82, 2.24) is 4.31 Å². The molecule has 0 saturated heterocycles. The molecule has 0 heterocycles. The monoisotopic (exact) mass is 518 g/mol. The van der Waals surface area contributed by atoms with E-state index in [-0.39, 0.29) is 16.5 Å². The maximum absolute atomic E-state index is 13.5. The quantitative estimate of drug-likeness (QED) is 0.408. The summed E-state index contributed by atoms with van der Waals surface area (Å²) in [4.78, 5) is 12.9. The van der Waals surface area contributed by atoms with Gasteiger partial charge >= 0.3 is 0 Å². The highest BCUT2D eigenvalue weighted by Crippen LogP contribution is 2.30. The Hall–Kier alpha value is -3.27. The number of benzene rings is 3. The molecular weight excluding hydrogens is 492 g/mol. The van der Waals surface area contributed by atoms with E-state index in [2.05, 4.69) is 5.32 Å². The molecule has 3 aromatic rings. The molecule has 0 atom stereocenters. The number of methoxy groups -OCH3 is 3. The van der Waals surface area contributed by atoms with Gasteiger partial charge < -0.3 is 19.5 Å². The Labute approximate surface area is 210 Å². The van der Waals surface area contributed by atoms with Crippen LogP contribution >= 0.6 is 11.6 Å². The minimum absolute atomic E-state index is 0.0321. The third kappa shape index (κ3) is 6.66. The summed E-state index contributed by atoms with van der Waals surface area (Å²) in [6, 6.07) is 18.5. The van der Waals surface area contributed by atoms with E-state index in [4.69, 9.17) is 25.8 Å². The number of hydrogen-bond acceptors (Lipinski definition) is 6. The Kier molecular flexibility index (Phi) is 8.97. The first kappa shape index (κ1) is 26.3. The number of ether oxygens (including phenoxy) is 3. The summed E-state index contributed by atoms with van der Waals surface area (Å²) in [5.41, 5.74) is 1.39. The van der Waals surface area contributed by atoms with Gasteiger partial charge in [0.25, 0.3) is 0 Å². The summed E-state index contributed by atoms with van der Waals surface area (Å²) in [5, 5.41) is 2.88. The summed E-state index contributed by atoms with van der Waals surface area (Å²) in [6.07, 6.45) is 0.424. The molecule has 0 aliphatic heterocycles. The van der Waals surface area contributed by atoms with E-state index in [9.17, 15) is 13.2 Å². The Morgan fingerprint density at radius 2 is 1.54 bits per heavy atom. The molecule has 0 spiro atoms. The second kappa shape index (κ2) is 11.9. The molecule has 186 valence electrons. The highest BCUT2D eigenvalue weighted by Gasteiger charge is 2.27. The van der Waals surface area contributed by atoms with Gasteiger partial charge in [-0.05, 0) is 42.3 Å². The Bertz CT molecular complexity index is 1270. The highest BCUT2D eigenvalue weighted by atomic mass is 35.5. The molecule has 0 aliphatic carbocycles. The topological polar surface area (TPSA) is 94.2 Å². The van der Waals surface area contributed by atoms with Crippen LogP contribution in [-0.4, -0.2) is 53.0 Å². The normalized spacial score (nSPS) is 11.2. The summed E-state index contributed by atoms with van der Waals surface area (Å²) in [7, 11) is 0.401. The van der Waals surface area contributed by atoms with E-state index in [1.165, 1.54) is 39.5 Å². The summed E-state index contributed by atoms with van der Waals surface area (Å²) in [5.74, 6) is 0.793. The standard InChI is InChI=1S/C25H27ClN2O6S/c1-32-22-12-10-20(16-21(22)26)35(30,31)28(14-13-18-7-5-4-6-8-18)17-25(29)27-19-9-11-23(33-2)24(15-19)34-3/h4-12,15-16H,13-14,17H2,1-3H3,(H,27,29). The number of rotatable bonds is 11. The molecule has 35 heavy (non-hydrogen) atoms. The zero-order valence-corrected chi connectivity index (χ0v) is 21.2. The van der Waals surface area contributed by atoms with E-state index in [0.29, 0.717) is 29.4 Å². The maximum Gasteiger partial charge on any atom is 0.243 e. The third-order valence-electron chi connectivity index (χ3n) is 5.24. The zero-order chi connectivity index (χ0) is 25.4. The Balaban J connectivity index is 1.85. The van der Waals surface area contributed by atoms with Crippen molar-refractivity contribution in [3.8, 4) is 17.2 Å². The minimum Gasteiger partial charge on any atom is -0.495 e. The first-order chi connectivity index (χ1) is 16.8. The molecule has 0 unspecified atom stereocenters. The minimum atomic E-state index is -4.04. The molecule has 1 N–H and O–H groups in total. The molecular formula is C25H27ClN2O6S. The average Bonchev–Trinajstić information content (AvgIpc) is 2.86. The number of nitrogens with one attached hydrogen (secondary N) is 1. The molecule has 3 aromatic carbocycles. The number of halogens is 1. The fraction of sp³-hybridized carbons (Fsp3) is 0.240. The second-order valence-electron chi connectivity index (χ2n) is 7.49. The summed E-state index contributed by atoms with van der Waals surface area (Å²) < 4.78 is 43.7. The molecule has 10 heteroatoms. The molecule has 0 saturated carbocycles. The Morgan fingerprint density at radius 3 is 2.17 bits per heavy atom. The van der Waals surface area contributed by atoms with Crippen LogP contribution in [0, 0.1) is 0 Å². The summed E-state index contributed by atoms with van der Waals surface area (Å²) in [6.45, 7) is -0.303. The number of hydrogen-bond donors (Lipinski definition) is 1. The van der Waals surface area contributed by atoms with Crippen molar-refractivity contribution < 1.29 is 27.4 Å². The van der Waals surface area contributed by atoms with Gasteiger partial charge in [-0.15, -0.1) is 0 Å². The molecule has 0 aliphatic rings. The van der Waals surface area contributed by atoms with Crippen molar-refractivity contribution >= 4 is 33.2 Å². The molecule has 0 aromatic heterocycles. The van der Waals surface area contributed by atoms with Gasteiger partial charge in [-0.2, -0.15) is 4.31 Å². The van der Waals surface area contributed by atoms with Crippen LogP contribution in [0.4, 0.5) is 5.69 Å². The van der Waals surface area contributed by atoms with Crippen LogP contribution in [0.15, 0.2) is 71.6 Å². The molecule has 0 radical (unpaired) electrons. The molecule has 3 rings (SSSR count). The van der Waals surface area contributed by atoms with Crippen molar-refractivity contribution in [2.24, 2.45) is 0 Å². The van der Waals surface area contributed by atoms with Crippen molar-refractivity contribution in [3.63, 3.8) is 0 Å². The first-order valence-corrected chi connectivity index (χ1v) is 12.5. The fourth-order valence-electron chi connectivity index (χ4n) is 3.41. The van der Waals surface area contributed by atoms with E-state index < -0.39 is 22.5 Å². The third-order valence-corrected chi connectivity index (χ3v) is 7.38. The van der Waals surface area contributed by atoms with Crippen LogP contribution in [0.3, 0.4) is 0 Å². The van der Waals surface area contributed by atoms with Gasteiger partial charge in [0, 0.05) is 18.3 Å². The lowest BCUT2D eigenvalue weighted by atomic mass is 10.1. The van der Waals surface area contributed by atoms with Gasteiger partial charge in [0.2, 0.25) is 15.9 Å². The van der Waals surface area contributed by atoms with Crippen LogP contribution in [0.25, 0.3) is 0 Å². The molecule has 0 bridgehead atoms. The van der Waals surface area contributed by atoms with Crippen molar-refractivity contribution in [2.45, 2.75) is 11.3 Å². The van der Waals surface area contributed by atoms with Crippen LogP contribution in [0.2, 0.25) is 5.02 Å². The summed E-state index contributed by atoms with van der Waals surface area (Å²) >= 11 is 6.17. The van der Waals surface area contributed by atoms with Crippen LogP contribution in [0.1, 0.15) is 5.56 Å². The van der Waals surface area contributed by atoms with Gasteiger partial charge in [0.15, 0.2) is 11.5 Å². The van der Waals surface area contributed by atoms with Crippen molar-refractivity contribution in [2.75, 3.05) is 39.7 Å². The SMILES string of the molecule is COc1ccc(S(=O)(=O)N(CCc2ccccc2)CC(=O)Nc2ccc(OC)c(OC)c2)cc1Cl. The fourth-order valence-corrected chi connectivity index (χ4v) is 5.16. The van der Waals surface area contributed by atoms with Gasteiger partial charge in [0.05, 0.1) is 37.8 Å². The van der Waals surface area contributed by atoms with Crippen molar-refractivity contribution in [1.29, 1.82) is 0 Å². The number of anilines is 1. The number of nitrogens with zero attached hydrogens (tertiary/aromatic N) is 1. The molecule has 1 amide bonds. The van der Waals surface area contributed by atoms with E-state index in [1.807, 2.05) is 30.3 Å². The van der Waals surface area contributed by atoms with E-state index >= 15 is 0 Å². The van der Waals surface area contributed by atoms with Gasteiger partial charge in [-0.3, -0.25) is 4.79 Å². The van der Waals surface area contributed by atoms with Crippen molar-refractivity contribution in [3.05, 3.63) is 77.3 Å². The van der Waals surface area contributed by atoms with Crippen LogP contribution in [0.5, 0.6) is 17.2 Å². The zero-order valence-electron chi connectivity index (χ0n) is 19.7. The predicted octanol–water partition coefficient (Wildman–Crippen LogP) is 4.24. The maximum atomic E-state index is 13.5. The van der Waals surface area contributed by atoms with Crippen LogP contribution < -0.4 is 19.5 Å². The lowest BCUT2D eigenvalue weighted by Crippen LogP contribution is -2.39. The Morgan fingerprint density at radius 1 is 0.886 bits per heavy atom. The highest BCUT2D eigenvalue weighted by molar-refractivity contribution is 7.89. The second-order valence-corrected chi connectivity index (χ2v) is 9.83. The van der Waals surface area contributed by atoms with Crippen LogP contribution in [-0.2, 0) is 21.2 Å². The van der Waals surface area contributed by atoms with E-state index in [0.717, 1.165) is 9.87 Å². The molecule has 0 fully saturated rings. The largest absolute Gasteiger partial charge is 0.495 e. The number of amides is 1. The van der Waals surface area contributed by atoms with Gasteiger partial charge in [-0.1, -0.05) is 41.9 Å². The lowest BCUT2D eigenvalue weighted by molar-refractivity contribution is -0.116. The first-order valence-electron chi connectivity index (χ1n) is 10.7. The lowest BCUT2D eigenvalue weighted by Gasteiger charge is -2.22. The van der Waals surface area contributed by atoms with Gasteiger partial charge in [-0.25, -0.2) is 8.42 Å². The predicted molar refractivity (Wildman–Crippen MR) is 135 cm³/mol. The van der Waals surface area contributed by atoms with E-state index in [1.54, 1.807) is 18.2 Å². The molecule has 8 nitrogen and oxygen atoms in total.